The highest BCUT2D eigenvalue weighted by Crippen LogP contribution is 2.31. The lowest BCUT2D eigenvalue weighted by atomic mass is 9.93. The van der Waals surface area contributed by atoms with Gasteiger partial charge in [0.05, 0.1) is 6.07 Å². The van der Waals surface area contributed by atoms with E-state index in [1.54, 1.807) is 0 Å². The molecule has 1 N–H and O–H groups in total. The Morgan fingerprint density at radius 1 is 1.38 bits per heavy atom. The Kier molecular flexibility index (Phi) is 3.70. The second-order valence-corrected chi connectivity index (χ2v) is 7.19. The maximum absolute atomic E-state index is 12.9. The molecular formula is C19H17N3OS. The van der Waals surface area contributed by atoms with Gasteiger partial charge in [-0.25, -0.2) is 4.98 Å². The van der Waals surface area contributed by atoms with E-state index in [1.165, 1.54) is 35.4 Å². The monoisotopic (exact) mass is 335 g/mol. The van der Waals surface area contributed by atoms with E-state index in [1.807, 2.05) is 30.5 Å². The molecule has 1 aromatic carbocycles. The number of carbonyl (C=O) groups excluding carboxylic acids is 1. The number of benzene rings is 1. The van der Waals surface area contributed by atoms with Crippen LogP contribution in [-0.2, 0) is 12.8 Å². The summed E-state index contributed by atoms with van der Waals surface area (Å²) < 4.78 is 0. The lowest BCUT2D eigenvalue weighted by Gasteiger charge is -2.10. The molecule has 24 heavy (non-hydrogen) atoms. The van der Waals surface area contributed by atoms with Gasteiger partial charge in [-0.15, -0.1) is 11.3 Å². The van der Waals surface area contributed by atoms with E-state index in [0.717, 1.165) is 29.4 Å². The Morgan fingerprint density at radius 3 is 2.96 bits per heavy atom. The van der Waals surface area contributed by atoms with E-state index < -0.39 is 5.92 Å². The fourth-order valence-corrected chi connectivity index (χ4v) is 4.29. The first kappa shape index (κ1) is 15.1. The van der Waals surface area contributed by atoms with Crippen molar-refractivity contribution in [1.29, 1.82) is 5.26 Å². The van der Waals surface area contributed by atoms with Crippen LogP contribution in [0.2, 0.25) is 0 Å². The summed E-state index contributed by atoms with van der Waals surface area (Å²) in [5.74, 6) is -0.990. The van der Waals surface area contributed by atoms with Crippen molar-refractivity contribution in [2.24, 2.45) is 0 Å². The summed E-state index contributed by atoms with van der Waals surface area (Å²) in [5, 5.41) is 13.1. The highest BCUT2D eigenvalue weighted by atomic mass is 32.1. The summed E-state index contributed by atoms with van der Waals surface area (Å²) in [7, 11) is 0. The molecule has 1 aliphatic rings. The largest absolute Gasteiger partial charge is 0.358 e. The summed E-state index contributed by atoms with van der Waals surface area (Å²) in [6, 6.07) is 7.85. The van der Waals surface area contributed by atoms with Gasteiger partial charge in [0.25, 0.3) is 0 Å². The first-order valence-electron chi connectivity index (χ1n) is 8.16. The van der Waals surface area contributed by atoms with E-state index in [9.17, 15) is 10.1 Å². The van der Waals surface area contributed by atoms with Gasteiger partial charge in [0.2, 0.25) is 0 Å². The number of rotatable bonds is 3. The van der Waals surface area contributed by atoms with Crippen LogP contribution >= 0.6 is 11.3 Å². The van der Waals surface area contributed by atoms with Crippen LogP contribution in [-0.4, -0.2) is 15.8 Å². The number of nitriles is 1. The quantitative estimate of drug-likeness (QED) is 0.725. The molecule has 4 rings (SSSR count). The molecule has 0 radical (unpaired) electrons. The van der Waals surface area contributed by atoms with Crippen LogP contribution in [0.4, 0.5) is 0 Å². The molecule has 1 unspecified atom stereocenters. The normalized spacial score (nSPS) is 15.0. The van der Waals surface area contributed by atoms with Gasteiger partial charge in [-0.2, -0.15) is 5.26 Å². The Balaban J connectivity index is 1.75. The van der Waals surface area contributed by atoms with Gasteiger partial charge in [0.1, 0.15) is 5.01 Å². The fourth-order valence-electron chi connectivity index (χ4n) is 3.46. The van der Waals surface area contributed by atoms with Crippen LogP contribution in [0.5, 0.6) is 0 Å². The molecule has 3 aromatic rings. The Labute approximate surface area is 144 Å². The SMILES string of the molecule is Cc1csc(C(C#N)C(=O)c2ccc3[nH]c4c(c3c2)CCCC4)n1. The van der Waals surface area contributed by atoms with Crippen molar-refractivity contribution in [2.45, 2.75) is 38.5 Å². The van der Waals surface area contributed by atoms with Crippen molar-refractivity contribution in [3.63, 3.8) is 0 Å². The summed E-state index contributed by atoms with van der Waals surface area (Å²) in [4.78, 5) is 20.6. The summed E-state index contributed by atoms with van der Waals surface area (Å²) in [5.41, 5.74) is 5.15. The molecule has 0 bridgehead atoms. The number of aromatic nitrogens is 2. The molecule has 0 fully saturated rings. The second kappa shape index (κ2) is 5.88. The van der Waals surface area contributed by atoms with Gasteiger partial charge in [0, 0.05) is 33.2 Å². The van der Waals surface area contributed by atoms with Crippen LogP contribution in [0.1, 0.15) is 51.1 Å². The van der Waals surface area contributed by atoms with Crippen molar-refractivity contribution >= 4 is 28.0 Å². The highest BCUT2D eigenvalue weighted by molar-refractivity contribution is 7.10. The molecule has 2 aromatic heterocycles. The summed E-state index contributed by atoms with van der Waals surface area (Å²) >= 11 is 1.37. The van der Waals surface area contributed by atoms with Gasteiger partial charge in [-0.1, -0.05) is 0 Å². The molecule has 1 atom stereocenters. The zero-order valence-electron chi connectivity index (χ0n) is 13.4. The van der Waals surface area contributed by atoms with Crippen molar-refractivity contribution in [2.75, 3.05) is 0 Å². The van der Waals surface area contributed by atoms with Crippen LogP contribution in [0, 0.1) is 18.3 Å². The third-order valence-corrected chi connectivity index (χ3v) is 5.69. The number of hydrogen-bond acceptors (Lipinski definition) is 4. The number of hydrogen-bond donors (Lipinski definition) is 1. The predicted octanol–water partition coefficient (Wildman–Crippen LogP) is 4.30. The molecule has 0 spiro atoms. The van der Waals surface area contributed by atoms with Crippen LogP contribution in [0.3, 0.4) is 0 Å². The van der Waals surface area contributed by atoms with E-state index >= 15 is 0 Å². The van der Waals surface area contributed by atoms with E-state index in [-0.39, 0.29) is 5.78 Å². The molecule has 0 saturated heterocycles. The number of H-pyrrole nitrogens is 1. The number of aromatic amines is 1. The van der Waals surface area contributed by atoms with Gasteiger partial charge < -0.3 is 4.98 Å². The van der Waals surface area contributed by atoms with Crippen molar-refractivity contribution < 1.29 is 4.79 Å². The maximum atomic E-state index is 12.9. The van der Waals surface area contributed by atoms with Crippen molar-refractivity contribution in [3.8, 4) is 6.07 Å². The number of fused-ring (bicyclic) bond motifs is 3. The average Bonchev–Trinajstić information content (AvgIpc) is 3.18. The molecule has 1 aliphatic carbocycles. The minimum atomic E-state index is -0.823. The molecule has 120 valence electrons. The van der Waals surface area contributed by atoms with Crippen LogP contribution in [0.15, 0.2) is 23.6 Å². The number of nitrogens with zero attached hydrogens (tertiary/aromatic N) is 2. The van der Waals surface area contributed by atoms with E-state index in [4.69, 9.17) is 0 Å². The molecule has 0 saturated carbocycles. The zero-order chi connectivity index (χ0) is 16.7. The fraction of sp³-hybridized carbons (Fsp3) is 0.316. The average molecular weight is 335 g/mol. The van der Waals surface area contributed by atoms with Crippen LogP contribution in [0.25, 0.3) is 10.9 Å². The van der Waals surface area contributed by atoms with Crippen LogP contribution < -0.4 is 0 Å². The third kappa shape index (κ3) is 2.44. The lowest BCUT2D eigenvalue weighted by Crippen LogP contribution is -2.11. The second-order valence-electron chi connectivity index (χ2n) is 6.30. The first-order valence-corrected chi connectivity index (χ1v) is 9.04. The Hall–Kier alpha value is -2.45. The maximum Gasteiger partial charge on any atom is 0.186 e. The molecule has 5 heteroatoms. The van der Waals surface area contributed by atoms with Gasteiger partial charge in [0.15, 0.2) is 11.7 Å². The Bertz CT molecular complexity index is 976. The molecule has 4 nitrogen and oxygen atoms in total. The highest BCUT2D eigenvalue weighted by Gasteiger charge is 2.25. The number of aryl methyl sites for hydroxylation is 3. The van der Waals surface area contributed by atoms with E-state index in [2.05, 4.69) is 16.0 Å². The third-order valence-electron chi connectivity index (χ3n) is 4.66. The smallest absolute Gasteiger partial charge is 0.186 e. The standard InChI is InChI=1S/C19H17N3OS/c1-11-10-24-19(21-11)15(9-20)18(23)12-6-7-17-14(8-12)13-4-2-3-5-16(13)22-17/h6-8,10,15,22H,2-5H2,1H3. The number of nitrogens with one attached hydrogen (secondary N) is 1. The van der Waals surface area contributed by atoms with Gasteiger partial charge in [-0.3, -0.25) is 4.79 Å². The number of carbonyl (C=O) groups is 1. The summed E-state index contributed by atoms with van der Waals surface area (Å²) in [6.45, 7) is 1.87. The molecule has 2 heterocycles. The van der Waals surface area contributed by atoms with Gasteiger partial charge in [-0.05, 0) is 56.4 Å². The first-order chi connectivity index (χ1) is 11.7. The topological polar surface area (TPSA) is 69.5 Å². The number of thiazole rings is 1. The van der Waals surface area contributed by atoms with E-state index in [0.29, 0.717) is 10.6 Å². The van der Waals surface area contributed by atoms with Crippen molar-refractivity contribution in [3.05, 3.63) is 51.1 Å². The minimum absolute atomic E-state index is 0.167. The van der Waals surface area contributed by atoms with Crippen molar-refractivity contribution in [1.82, 2.24) is 9.97 Å². The van der Waals surface area contributed by atoms with Gasteiger partial charge >= 0.3 is 0 Å². The number of ketones is 1. The zero-order valence-corrected chi connectivity index (χ0v) is 14.2. The minimum Gasteiger partial charge on any atom is -0.358 e. The molecule has 0 amide bonds. The predicted molar refractivity (Wildman–Crippen MR) is 94.5 cm³/mol. The summed E-state index contributed by atoms with van der Waals surface area (Å²) in [6.07, 6.45) is 4.54. The molecular weight excluding hydrogens is 318 g/mol. The molecule has 0 aliphatic heterocycles. The lowest BCUT2D eigenvalue weighted by molar-refractivity contribution is 0.0979. The number of Topliss-reactive ketones (excluding diaryl/α,β-unsaturated/α-hetero) is 1. The Morgan fingerprint density at radius 2 is 2.21 bits per heavy atom.